The first kappa shape index (κ1) is 9.46. The molecule has 1 aromatic heterocycles. The molecule has 1 aliphatic heterocycles. The van der Waals surface area contributed by atoms with Crippen molar-refractivity contribution >= 4 is 17.6 Å². The molecule has 0 bridgehead atoms. The number of anilines is 1. The molecule has 2 fully saturated rings. The first-order chi connectivity index (χ1) is 7.43. The van der Waals surface area contributed by atoms with Gasteiger partial charge in [0.25, 0.3) is 0 Å². The summed E-state index contributed by atoms with van der Waals surface area (Å²) in [6, 6.07) is 2.19. The summed E-state index contributed by atoms with van der Waals surface area (Å²) in [4.78, 5) is 11.1. The van der Waals surface area contributed by atoms with Gasteiger partial charge in [-0.15, -0.1) is 0 Å². The van der Waals surface area contributed by atoms with Gasteiger partial charge in [-0.3, -0.25) is 0 Å². The fourth-order valence-corrected chi connectivity index (χ4v) is 2.83. The maximum absolute atomic E-state index is 4.38. The van der Waals surface area contributed by atoms with Crippen LogP contribution < -0.4 is 4.90 Å². The van der Waals surface area contributed by atoms with Crippen LogP contribution in [-0.2, 0) is 0 Å². The van der Waals surface area contributed by atoms with E-state index in [2.05, 4.69) is 20.9 Å². The van der Waals surface area contributed by atoms with Crippen LogP contribution in [0.3, 0.4) is 0 Å². The number of nitrogens with zero attached hydrogens (tertiary/aromatic N) is 3. The Morgan fingerprint density at radius 1 is 1.20 bits per heavy atom. The second-order valence-corrected chi connectivity index (χ2v) is 5.40. The lowest BCUT2D eigenvalue weighted by atomic mass is 10.2. The SMILES string of the molecule is c1nc(C2CC2)cc(N2CCSCC2)n1. The van der Waals surface area contributed by atoms with Crippen molar-refractivity contribution in [3.05, 3.63) is 18.1 Å². The Morgan fingerprint density at radius 2 is 2.00 bits per heavy atom. The van der Waals surface area contributed by atoms with Crippen LogP contribution in [0.25, 0.3) is 0 Å². The number of aromatic nitrogens is 2. The van der Waals surface area contributed by atoms with Crippen LogP contribution in [0.15, 0.2) is 12.4 Å². The van der Waals surface area contributed by atoms with Crippen LogP contribution in [0.1, 0.15) is 24.5 Å². The van der Waals surface area contributed by atoms with E-state index in [9.17, 15) is 0 Å². The van der Waals surface area contributed by atoms with Gasteiger partial charge in [-0.2, -0.15) is 11.8 Å². The molecule has 0 spiro atoms. The van der Waals surface area contributed by atoms with Crippen molar-refractivity contribution in [3.8, 4) is 0 Å². The van der Waals surface area contributed by atoms with E-state index in [1.54, 1.807) is 6.33 Å². The summed E-state index contributed by atoms with van der Waals surface area (Å²) in [7, 11) is 0. The van der Waals surface area contributed by atoms with Gasteiger partial charge >= 0.3 is 0 Å². The van der Waals surface area contributed by atoms with Gasteiger partial charge in [0, 0.05) is 42.3 Å². The van der Waals surface area contributed by atoms with Crippen LogP contribution in [0.2, 0.25) is 0 Å². The molecule has 0 radical (unpaired) electrons. The maximum atomic E-state index is 4.38. The van der Waals surface area contributed by atoms with Gasteiger partial charge < -0.3 is 4.90 Å². The third-order valence-corrected chi connectivity index (χ3v) is 3.95. The van der Waals surface area contributed by atoms with Crippen molar-refractivity contribution in [1.82, 2.24) is 9.97 Å². The summed E-state index contributed by atoms with van der Waals surface area (Å²) >= 11 is 2.03. The van der Waals surface area contributed by atoms with Gasteiger partial charge in [0.1, 0.15) is 12.1 Å². The largest absolute Gasteiger partial charge is 0.355 e. The van der Waals surface area contributed by atoms with Gasteiger partial charge in [-0.05, 0) is 12.8 Å². The predicted octanol–water partition coefficient (Wildman–Crippen LogP) is 1.91. The number of hydrogen-bond acceptors (Lipinski definition) is 4. The lowest BCUT2D eigenvalue weighted by molar-refractivity contribution is 0.827. The van der Waals surface area contributed by atoms with Gasteiger partial charge in [-0.1, -0.05) is 0 Å². The fourth-order valence-electron chi connectivity index (χ4n) is 1.93. The molecular weight excluding hydrogens is 206 g/mol. The fraction of sp³-hybridized carbons (Fsp3) is 0.636. The Kier molecular flexibility index (Phi) is 2.52. The minimum atomic E-state index is 0.728. The minimum Gasteiger partial charge on any atom is -0.355 e. The highest BCUT2D eigenvalue weighted by molar-refractivity contribution is 7.99. The molecular formula is C11H15N3S. The molecule has 0 N–H and O–H groups in total. The zero-order chi connectivity index (χ0) is 10.1. The lowest BCUT2D eigenvalue weighted by Crippen LogP contribution is -2.33. The molecule has 4 heteroatoms. The van der Waals surface area contributed by atoms with E-state index in [0.717, 1.165) is 24.8 Å². The van der Waals surface area contributed by atoms with E-state index in [1.807, 2.05) is 11.8 Å². The Bertz CT molecular complexity index is 345. The zero-order valence-corrected chi connectivity index (χ0v) is 9.54. The lowest BCUT2D eigenvalue weighted by Gasteiger charge is -2.27. The molecule has 0 atom stereocenters. The van der Waals surface area contributed by atoms with Crippen LogP contribution in [-0.4, -0.2) is 34.6 Å². The molecule has 15 heavy (non-hydrogen) atoms. The quantitative estimate of drug-likeness (QED) is 0.763. The normalized spacial score (nSPS) is 21.7. The topological polar surface area (TPSA) is 29.0 Å². The van der Waals surface area contributed by atoms with Crippen molar-refractivity contribution in [1.29, 1.82) is 0 Å². The molecule has 0 aromatic carbocycles. The van der Waals surface area contributed by atoms with Gasteiger partial charge in [0.05, 0.1) is 0 Å². The summed E-state index contributed by atoms with van der Waals surface area (Å²) in [5.74, 6) is 4.31. The van der Waals surface area contributed by atoms with E-state index in [1.165, 1.54) is 30.0 Å². The summed E-state index contributed by atoms with van der Waals surface area (Å²) < 4.78 is 0. The van der Waals surface area contributed by atoms with Crippen LogP contribution in [0.4, 0.5) is 5.82 Å². The highest BCUT2D eigenvalue weighted by Crippen LogP contribution is 2.39. The van der Waals surface area contributed by atoms with E-state index in [4.69, 9.17) is 0 Å². The monoisotopic (exact) mass is 221 g/mol. The zero-order valence-electron chi connectivity index (χ0n) is 8.72. The summed E-state index contributed by atoms with van der Waals surface area (Å²) in [6.07, 6.45) is 4.35. The third-order valence-electron chi connectivity index (χ3n) is 3.00. The molecule has 2 aliphatic rings. The van der Waals surface area contributed by atoms with Crippen LogP contribution in [0.5, 0.6) is 0 Å². The standard InChI is InChI=1S/C11H15N3S/c1-2-9(1)10-7-11(13-8-12-10)14-3-5-15-6-4-14/h7-9H,1-6H2. The van der Waals surface area contributed by atoms with Crippen LogP contribution in [0, 0.1) is 0 Å². The number of thioether (sulfide) groups is 1. The first-order valence-corrected chi connectivity index (χ1v) is 6.73. The average Bonchev–Trinajstić information content (AvgIpc) is 3.14. The minimum absolute atomic E-state index is 0.728. The molecule has 0 amide bonds. The summed E-state index contributed by atoms with van der Waals surface area (Å²) in [5.41, 5.74) is 1.25. The van der Waals surface area contributed by atoms with Gasteiger partial charge in [-0.25, -0.2) is 9.97 Å². The van der Waals surface area contributed by atoms with E-state index >= 15 is 0 Å². The number of hydrogen-bond donors (Lipinski definition) is 0. The molecule has 1 aliphatic carbocycles. The number of rotatable bonds is 2. The van der Waals surface area contributed by atoms with Crippen molar-refractivity contribution in [2.24, 2.45) is 0 Å². The molecule has 0 unspecified atom stereocenters. The summed E-state index contributed by atoms with van der Waals surface area (Å²) in [6.45, 7) is 2.26. The van der Waals surface area contributed by atoms with Crippen molar-refractivity contribution in [2.75, 3.05) is 29.5 Å². The van der Waals surface area contributed by atoms with Gasteiger partial charge in [0.2, 0.25) is 0 Å². The molecule has 3 nitrogen and oxygen atoms in total. The smallest absolute Gasteiger partial charge is 0.132 e. The van der Waals surface area contributed by atoms with Crippen molar-refractivity contribution < 1.29 is 0 Å². The predicted molar refractivity (Wildman–Crippen MR) is 63.5 cm³/mol. The highest BCUT2D eigenvalue weighted by Gasteiger charge is 2.25. The molecule has 80 valence electrons. The van der Waals surface area contributed by atoms with Crippen molar-refractivity contribution in [3.63, 3.8) is 0 Å². The molecule has 1 aromatic rings. The molecule has 2 heterocycles. The first-order valence-electron chi connectivity index (χ1n) is 5.58. The van der Waals surface area contributed by atoms with Crippen LogP contribution >= 0.6 is 11.8 Å². The molecule has 3 rings (SSSR count). The Balaban J connectivity index is 1.80. The van der Waals surface area contributed by atoms with Crippen molar-refractivity contribution in [2.45, 2.75) is 18.8 Å². The second kappa shape index (κ2) is 4.00. The molecule has 1 saturated carbocycles. The maximum Gasteiger partial charge on any atom is 0.132 e. The summed E-state index contributed by atoms with van der Waals surface area (Å²) in [5, 5.41) is 0. The third kappa shape index (κ3) is 2.09. The molecule has 1 saturated heterocycles. The van der Waals surface area contributed by atoms with E-state index in [0.29, 0.717) is 0 Å². The Hall–Kier alpha value is -0.770. The van der Waals surface area contributed by atoms with E-state index < -0.39 is 0 Å². The average molecular weight is 221 g/mol. The van der Waals surface area contributed by atoms with E-state index in [-0.39, 0.29) is 0 Å². The van der Waals surface area contributed by atoms with Gasteiger partial charge in [0.15, 0.2) is 0 Å². The Morgan fingerprint density at radius 3 is 2.73 bits per heavy atom. The highest BCUT2D eigenvalue weighted by atomic mass is 32.2. The second-order valence-electron chi connectivity index (χ2n) is 4.17. The Labute approximate surface area is 94.3 Å².